The Balaban J connectivity index is 1.41. The van der Waals surface area contributed by atoms with E-state index in [2.05, 4.69) is 47.5 Å². The molecule has 9 heteroatoms. The van der Waals surface area contributed by atoms with Crippen molar-refractivity contribution in [3.63, 3.8) is 0 Å². The summed E-state index contributed by atoms with van der Waals surface area (Å²) in [6.07, 6.45) is 1.77. The molecular weight excluding hydrogens is 456 g/mol. The number of aromatic nitrogens is 4. The number of fused-ring (bicyclic) bond motifs is 1. The molecule has 4 aromatic rings. The van der Waals surface area contributed by atoms with Crippen molar-refractivity contribution in [2.45, 2.75) is 26.3 Å². The molecule has 0 atom stereocenters. The monoisotopic (exact) mass is 486 g/mol. The maximum absolute atomic E-state index is 12.9. The second-order valence-electron chi connectivity index (χ2n) is 9.75. The Kier molecular flexibility index (Phi) is 6.32. The lowest BCUT2D eigenvalue weighted by Gasteiger charge is -2.27. The molecule has 1 N–H and O–H groups in total. The quantitative estimate of drug-likeness (QED) is 0.445. The van der Waals surface area contributed by atoms with Gasteiger partial charge in [-0.1, -0.05) is 11.3 Å². The van der Waals surface area contributed by atoms with Crippen LogP contribution in [-0.4, -0.2) is 64.2 Å². The zero-order valence-electron chi connectivity index (χ0n) is 21.0. The van der Waals surface area contributed by atoms with E-state index in [9.17, 15) is 4.79 Å². The van der Waals surface area contributed by atoms with Crippen LogP contribution in [0.2, 0.25) is 0 Å². The van der Waals surface area contributed by atoms with Crippen LogP contribution in [0, 0.1) is 0 Å². The fourth-order valence-electron chi connectivity index (χ4n) is 4.29. The van der Waals surface area contributed by atoms with Crippen LogP contribution in [0.3, 0.4) is 0 Å². The van der Waals surface area contributed by atoms with Crippen molar-refractivity contribution in [3.05, 3.63) is 60.3 Å². The summed E-state index contributed by atoms with van der Waals surface area (Å²) >= 11 is 0. The Bertz CT molecular complexity index is 1400. The van der Waals surface area contributed by atoms with Gasteiger partial charge in [-0.05, 0) is 74.4 Å². The summed E-state index contributed by atoms with van der Waals surface area (Å²) in [4.78, 5) is 19.2. The van der Waals surface area contributed by atoms with E-state index >= 15 is 0 Å². The summed E-state index contributed by atoms with van der Waals surface area (Å²) in [6.45, 7) is 8.63. The van der Waals surface area contributed by atoms with Crippen LogP contribution >= 0.6 is 0 Å². The molecule has 1 aliphatic heterocycles. The van der Waals surface area contributed by atoms with Crippen LogP contribution in [-0.2, 0) is 10.3 Å². The van der Waals surface area contributed by atoms with E-state index in [4.69, 9.17) is 9.47 Å². The standard InChI is InChI=1S/C27H30N6O3/c1-27(2,3)33-23-15-18(5-7-21(23)30-31-33)19-9-10-28-25(17-19)29-22-8-6-20(16-24(22)35-4)26(34)32-11-13-36-14-12-32/h5-10,15-17H,11-14H2,1-4H3,(H,28,29). The van der Waals surface area contributed by atoms with Crippen molar-refractivity contribution >= 4 is 28.4 Å². The minimum atomic E-state index is -0.176. The molecule has 186 valence electrons. The van der Waals surface area contributed by atoms with Crippen molar-refractivity contribution in [2.24, 2.45) is 0 Å². The zero-order chi connectivity index (χ0) is 25.3. The molecule has 0 spiro atoms. The molecule has 1 fully saturated rings. The van der Waals surface area contributed by atoms with E-state index in [-0.39, 0.29) is 11.4 Å². The Morgan fingerprint density at radius 2 is 1.81 bits per heavy atom. The molecule has 5 rings (SSSR count). The van der Waals surface area contributed by atoms with Crippen LogP contribution < -0.4 is 10.1 Å². The smallest absolute Gasteiger partial charge is 0.254 e. The van der Waals surface area contributed by atoms with Gasteiger partial charge in [-0.15, -0.1) is 5.10 Å². The molecule has 2 aromatic carbocycles. The summed E-state index contributed by atoms with van der Waals surface area (Å²) in [5.74, 6) is 1.21. The minimum absolute atomic E-state index is 0.0253. The molecular formula is C27H30N6O3. The molecule has 0 unspecified atom stereocenters. The van der Waals surface area contributed by atoms with Gasteiger partial charge in [0.05, 0.1) is 37.1 Å². The summed E-state index contributed by atoms with van der Waals surface area (Å²) in [6, 6.07) is 15.5. The summed E-state index contributed by atoms with van der Waals surface area (Å²) < 4.78 is 12.9. The van der Waals surface area contributed by atoms with Crippen molar-refractivity contribution in [3.8, 4) is 16.9 Å². The Morgan fingerprint density at radius 3 is 2.56 bits per heavy atom. The largest absolute Gasteiger partial charge is 0.495 e. The molecule has 2 aromatic heterocycles. The number of nitrogens with one attached hydrogen (secondary N) is 1. The lowest BCUT2D eigenvalue weighted by molar-refractivity contribution is 0.0302. The average Bonchev–Trinajstić information content (AvgIpc) is 3.33. The van der Waals surface area contributed by atoms with Crippen molar-refractivity contribution in [1.82, 2.24) is 24.9 Å². The molecule has 36 heavy (non-hydrogen) atoms. The van der Waals surface area contributed by atoms with Gasteiger partial charge in [-0.3, -0.25) is 4.79 Å². The molecule has 0 bridgehead atoms. The lowest BCUT2D eigenvalue weighted by atomic mass is 10.0. The van der Waals surface area contributed by atoms with Crippen molar-refractivity contribution in [2.75, 3.05) is 38.7 Å². The summed E-state index contributed by atoms with van der Waals surface area (Å²) in [5.41, 5.74) is 5.02. The number of pyridine rings is 1. The fourth-order valence-corrected chi connectivity index (χ4v) is 4.29. The lowest BCUT2D eigenvalue weighted by Crippen LogP contribution is -2.40. The highest BCUT2D eigenvalue weighted by Crippen LogP contribution is 2.31. The van der Waals surface area contributed by atoms with E-state index in [1.807, 2.05) is 35.0 Å². The van der Waals surface area contributed by atoms with E-state index in [1.54, 1.807) is 30.3 Å². The maximum atomic E-state index is 12.9. The molecule has 0 aliphatic carbocycles. The van der Waals surface area contributed by atoms with Crippen LogP contribution in [0.1, 0.15) is 31.1 Å². The molecule has 1 amide bonds. The minimum Gasteiger partial charge on any atom is -0.495 e. The van der Waals surface area contributed by atoms with Gasteiger partial charge >= 0.3 is 0 Å². The fraction of sp³-hybridized carbons (Fsp3) is 0.333. The van der Waals surface area contributed by atoms with E-state index < -0.39 is 0 Å². The van der Waals surface area contributed by atoms with Gasteiger partial charge in [0, 0.05) is 24.8 Å². The second-order valence-corrected chi connectivity index (χ2v) is 9.75. The number of carbonyl (C=O) groups is 1. The first kappa shape index (κ1) is 23.7. The summed E-state index contributed by atoms with van der Waals surface area (Å²) in [5, 5.41) is 12.0. The number of benzene rings is 2. The summed E-state index contributed by atoms with van der Waals surface area (Å²) in [7, 11) is 1.59. The van der Waals surface area contributed by atoms with Gasteiger partial charge in [-0.25, -0.2) is 9.67 Å². The number of anilines is 2. The number of methoxy groups -OCH3 is 1. The van der Waals surface area contributed by atoms with Crippen LogP contribution in [0.15, 0.2) is 54.7 Å². The number of hydrogen-bond acceptors (Lipinski definition) is 7. The van der Waals surface area contributed by atoms with Gasteiger partial charge in [0.15, 0.2) is 0 Å². The Morgan fingerprint density at radius 1 is 1.03 bits per heavy atom. The number of amides is 1. The second kappa shape index (κ2) is 9.58. The van der Waals surface area contributed by atoms with Crippen molar-refractivity contribution < 1.29 is 14.3 Å². The molecule has 9 nitrogen and oxygen atoms in total. The Labute approximate surface area is 210 Å². The van der Waals surface area contributed by atoms with Crippen molar-refractivity contribution in [1.29, 1.82) is 0 Å². The predicted molar refractivity (Wildman–Crippen MR) is 139 cm³/mol. The first-order valence-electron chi connectivity index (χ1n) is 12.0. The molecule has 3 heterocycles. The SMILES string of the molecule is COc1cc(C(=O)N2CCOCC2)ccc1Nc1cc(-c2ccc3nnn(C(C)(C)C)c3c2)ccn1. The zero-order valence-corrected chi connectivity index (χ0v) is 21.0. The van der Waals surface area contributed by atoms with Gasteiger partial charge in [-0.2, -0.15) is 0 Å². The first-order chi connectivity index (χ1) is 17.3. The van der Waals surface area contributed by atoms with Gasteiger partial charge in [0.25, 0.3) is 5.91 Å². The van der Waals surface area contributed by atoms with Crippen LogP contribution in [0.25, 0.3) is 22.2 Å². The number of hydrogen-bond donors (Lipinski definition) is 1. The van der Waals surface area contributed by atoms with Crippen LogP contribution in [0.5, 0.6) is 5.75 Å². The number of carbonyl (C=O) groups excluding carboxylic acids is 1. The predicted octanol–water partition coefficient (Wildman–Crippen LogP) is 4.47. The maximum Gasteiger partial charge on any atom is 0.254 e. The number of morpholine rings is 1. The van der Waals surface area contributed by atoms with E-state index in [0.29, 0.717) is 43.4 Å². The van der Waals surface area contributed by atoms with Crippen LogP contribution in [0.4, 0.5) is 11.5 Å². The highest BCUT2D eigenvalue weighted by Gasteiger charge is 2.20. The Hall–Kier alpha value is -3.98. The van der Waals surface area contributed by atoms with Gasteiger partial charge in [0.2, 0.25) is 0 Å². The normalized spacial score (nSPS) is 14.2. The first-order valence-corrected chi connectivity index (χ1v) is 12.0. The third kappa shape index (κ3) is 4.74. The van der Waals surface area contributed by atoms with E-state index in [1.165, 1.54) is 0 Å². The average molecular weight is 487 g/mol. The highest BCUT2D eigenvalue weighted by molar-refractivity contribution is 5.95. The highest BCUT2D eigenvalue weighted by atomic mass is 16.5. The third-order valence-corrected chi connectivity index (χ3v) is 6.18. The molecule has 0 saturated carbocycles. The topological polar surface area (TPSA) is 94.4 Å². The number of rotatable bonds is 5. The van der Waals surface area contributed by atoms with E-state index in [0.717, 1.165) is 27.8 Å². The third-order valence-electron chi connectivity index (χ3n) is 6.18. The molecule has 0 radical (unpaired) electrons. The number of nitrogens with zero attached hydrogens (tertiary/aromatic N) is 5. The molecule has 1 saturated heterocycles. The van der Waals surface area contributed by atoms with Gasteiger partial charge < -0.3 is 19.7 Å². The molecule has 1 aliphatic rings. The number of ether oxygens (including phenoxy) is 2. The van der Waals surface area contributed by atoms with Gasteiger partial charge in [0.1, 0.15) is 17.1 Å².